The lowest BCUT2D eigenvalue weighted by Gasteiger charge is -2.26. The Morgan fingerprint density at radius 2 is 1.78 bits per heavy atom. The van der Waals surface area contributed by atoms with Crippen molar-refractivity contribution < 1.29 is 0 Å². The van der Waals surface area contributed by atoms with Crippen LogP contribution in [-0.4, -0.2) is 26.2 Å². The predicted octanol–water partition coefficient (Wildman–Crippen LogP) is 3.46. The highest BCUT2D eigenvalue weighted by Gasteiger charge is 2.09. The van der Waals surface area contributed by atoms with Gasteiger partial charge in [-0.3, -0.25) is 0 Å². The van der Waals surface area contributed by atoms with E-state index < -0.39 is 0 Å². The van der Waals surface area contributed by atoms with Crippen LogP contribution in [0.3, 0.4) is 0 Å². The number of nitrogens with zero attached hydrogens (tertiary/aromatic N) is 1. The molecule has 1 unspecified atom stereocenters. The van der Waals surface area contributed by atoms with Crippen LogP contribution in [0, 0.1) is 0 Å². The van der Waals surface area contributed by atoms with Crippen molar-refractivity contribution in [3.05, 3.63) is 29.8 Å². The minimum atomic E-state index is 0.584. The summed E-state index contributed by atoms with van der Waals surface area (Å²) in [6.45, 7) is 8.85. The number of hydrogen-bond acceptors (Lipinski definition) is 2. The molecule has 102 valence electrons. The smallest absolute Gasteiger partial charge is 0.0364 e. The lowest BCUT2D eigenvalue weighted by atomic mass is 10.1. The van der Waals surface area contributed by atoms with E-state index in [0.717, 1.165) is 19.5 Å². The van der Waals surface area contributed by atoms with Gasteiger partial charge in [-0.2, -0.15) is 0 Å². The maximum absolute atomic E-state index is 3.60. The van der Waals surface area contributed by atoms with Gasteiger partial charge in [-0.15, -0.1) is 0 Å². The molecule has 18 heavy (non-hydrogen) atoms. The summed E-state index contributed by atoms with van der Waals surface area (Å²) >= 11 is 0. The van der Waals surface area contributed by atoms with Crippen LogP contribution in [0.5, 0.6) is 0 Å². The van der Waals surface area contributed by atoms with Crippen molar-refractivity contribution in [3.8, 4) is 0 Å². The SMILES string of the molecule is CCCNC(CC)CN(C)c1ccc(CC)cc1. The molecule has 1 atom stereocenters. The zero-order valence-corrected chi connectivity index (χ0v) is 12.4. The van der Waals surface area contributed by atoms with Gasteiger partial charge in [0.25, 0.3) is 0 Å². The quantitative estimate of drug-likeness (QED) is 0.758. The molecule has 0 saturated heterocycles. The number of aryl methyl sites for hydroxylation is 1. The molecule has 0 fully saturated rings. The summed E-state index contributed by atoms with van der Waals surface area (Å²) in [5.41, 5.74) is 2.72. The van der Waals surface area contributed by atoms with Gasteiger partial charge in [0, 0.05) is 25.3 Å². The number of anilines is 1. The number of nitrogens with one attached hydrogen (secondary N) is 1. The van der Waals surface area contributed by atoms with Gasteiger partial charge in [0.15, 0.2) is 0 Å². The normalized spacial score (nSPS) is 12.4. The molecule has 0 aliphatic carbocycles. The summed E-state index contributed by atoms with van der Waals surface area (Å²) in [4.78, 5) is 2.34. The molecule has 0 saturated carbocycles. The van der Waals surface area contributed by atoms with Gasteiger partial charge in [-0.05, 0) is 43.5 Å². The summed E-state index contributed by atoms with van der Waals surface area (Å²) in [5.74, 6) is 0. The second kappa shape index (κ2) is 8.15. The first-order valence-corrected chi connectivity index (χ1v) is 7.24. The lowest BCUT2D eigenvalue weighted by molar-refractivity contribution is 0.497. The standard InChI is InChI=1S/C16H28N2/c1-5-12-17-15(7-3)13-18(4)16-10-8-14(6-2)9-11-16/h8-11,15,17H,5-7,12-13H2,1-4H3. The second-order valence-electron chi connectivity index (χ2n) is 4.96. The molecule has 0 spiro atoms. The van der Waals surface area contributed by atoms with E-state index in [-0.39, 0.29) is 0 Å². The third-order valence-electron chi connectivity index (χ3n) is 3.46. The number of hydrogen-bond donors (Lipinski definition) is 1. The Bertz CT molecular complexity index is 318. The summed E-state index contributed by atoms with van der Waals surface area (Å²) < 4.78 is 0. The predicted molar refractivity (Wildman–Crippen MR) is 81.5 cm³/mol. The van der Waals surface area contributed by atoms with Crippen molar-refractivity contribution in [2.75, 3.05) is 25.0 Å². The number of likely N-dealkylation sites (N-methyl/N-ethyl adjacent to an activating group) is 1. The molecule has 1 aromatic carbocycles. The first-order chi connectivity index (χ1) is 8.71. The molecule has 0 bridgehead atoms. The van der Waals surface area contributed by atoms with Crippen LogP contribution in [0.4, 0.5) is 5.69 Å². The Labute approximate surface area is 112 Å². The van der Waals surface area contributed by atoms with E-state index in [9.17, 15) is 0 Å². The molecule has 1 N–H and O–H groups in total. The van der Waals surface area contributed by atoms with Crippen LogP contribution in [0.25, 0.3) is 0 Å². The van der Waals surface area contributed by atoms with E-state index >= 15 is 0 Å². The van der Waals surface area contributed by atoms with Crippen LogP contribution < -0.4 is 10.2 Å². The van der Waals surface area contributed by atoms with Gasteiger partial charge in [0.1, 0.15) is 0 Å². The largest absolute Gasteiger partial charge is 0.373 e. The van der Waals surface area contributed by atoms with Crippen LogP contribution in [0.15, 0.2) is 24.3 Å². The Balaban J connectivity index is 2.53. The average Bonchev–Trinajstić information content (AvgIpc) is 2.43. The summed E-state index contributed by atoms with van der Waals surface area (Å²) in [5, 5.41) is 3.60. The van der Waals surface area contributed by atoms with Gasteiger partial charge in [-0.1, -0.05) is 32.9 Å². The monoisotopic (exact) mass is 248 g/mol. The molecule has 2 heteroatoms. The van der Waals surface area contributed by atoms with Gasteiger partial charge in [0.05, 0.1) is 0 Å². The third-order valence-corrected chi connectivity index (χ3v) is 3.46. The Morgan fingerprint density at radius 3 is 2.28 bits per heavy atom. The summed E-state index contributed by atoms with van der Waals surface area (Å²) in [6, 6.07) is 9.50. The fraction of sp³-hybridized carbons (Fsp3) is 0.625. The number of rotatable bonds is 8. The van der Waals surface area contributed by atoms with Crippen molar-refractivity contribution in [1.29, 1.82) is 0 Å². The zero-order chi connectivity index (χ0) is 13.4. The first kappa shape index (κ1) is 15.0. The molecule has 0 aromatic heterocycles. The minimum Gasteiger partial charge on any atom is -0.373 e. The number of benzene rings is 1. The second-order valence-corrected chi connectivity index (χ2v) is 4.96. The Morgan fingerprint density at radius 1 is 1.11 bits per heavy atom. The van der Waals surface area contributed by atoms with Gasteiger partial charge < -0.3 is 10.2 Å². The van der Waals surface area contributed by atoms with E-state index in [0.29, 0.717) is 6.04 Å². The first-order valence-electron chi connectivity index (χ1n) is 7.24. The fourth-order valence-corrected chi connectivity index (χ4v) is 2.11. The fourth-order valence-electron chi connectivity index (χ4n) is 2.11. The van der Waals surface area contributed by atoms with E-state index in [4.69, 9.17) is 0 Å². The van der Waals surface area contributed by atoms with Crippen molar-refractivity contribution in [2.24, 2.45) is 0 Å². The average molecular weight is 248 g/mol. The van der Waals surface area contributed by atoms with Crippen LogP contribution in [0.2, 0.25) is 0 Å². The minimum absolute atomic E-state index is 0.584. The van der Waals surface area contributed by atoms with Gasteiger partial charge in [-0.25, -0.2) is 0 Å². The maximum Gasteiger partial charge on any atom is 0.0364 e. The molecule has 0 heterocycles. The van der Waals surface area contributed by atoms with Crippen LogP contribution in [-0.2, 0) is 6.42 Å². The van der Waals surface area contributed by atoms with E-state index in [1.807, 2.05) is 0 Å². The van der Waals surface area contributed by atoms with E-state index in [2.05, 4.69) is 62.3 Å². The van der Waals surface area contributed by atoms with Crippen LogP contribution >= 0.6 is 0 Å². The molecule has 1 aromatic rings. The highest BCUT2D eigenvalue weighted by molar-refractivity contribution is 5.47. The molecular weight excluding hydrogens is 220 g/mol. The molecule has 0 aliphatic heterocycles. The van der Waals surface area contributed by atoms with Gasteiger partial charge in [0.2, 0.25) is 0 Å². The topological polar surface area (TPSA) is 15.3 Å². The molecule has 1 rings (SSSR count). The van der Waals surface area contributed by atoms with Crippen LogP contribution in [0.1, 0.15) is 39.2 Å². The molecule has 2 nitrogen and oxygen atoms in total. The summed E-state index contributed by atoms with van der Waals surface area (Å²) in [6.07, 6.45) is 3.49. The van der Waals surface area contributed by atoms with Gasteiger partial charge >= 0.3 is 0 Å². The molecule has 0 radical (unpaired) electrons. The molecular formula is C16H28N2. The highest BCUT2D eigenvalue weighted by atomic mass is 15.1. The maximum atomic E-state index is 3.60. The highest BCUT2D eigenvalue weighted by Crippen LogP contribution is 2.14. The van der Waals surface area contributed by atoms with E-state index in [1.54, 1.807) is 0 Å². The lowest BCUT2D eigenvalue weighted by Crippen LogP contribution is -2.39. The summed E-state index contributed by atoms with van der Waals surface area (Å²) in [7, 11) is 2.18. The Hall–Kier alpha value is -1.02. The van der Waals surface area contributed by atoms with Crippen molar-refractivity contribution in [3.63, 3.8) is 0 Å². The molecule has 0 amide bonds. The molecule has 0 aliphatic rings. The zero-order valence-electron chi connectivity index (χ0n) is 12.4. The third kappa shape index (κ3) is 4.69. The van der Waals surface area contributed by atoms with E-state index in [1.165, 1.54) is 24.1 Å². The van der Waals surface area contributed by atoms with Crippen molar-refractivity contribution in [1.82, 2.24) is 5.32 Å². The van der Waals surface area contributed by atoms with Crippen molar-refractivity contribution in [2.45, 2.75) is 46.1 Å². The Kier molecular flexibility index (Phi) is 6.81. The van der Waals surface area contributed by atoms with Crippen molar-refractivity contribution >= 4 is 5.69 Å².